The first-order valence-corrected chi connectivity index (χ1v) is 11.1. The predicted octanol–water partition coefficient (Wildman–Crippen LogP) is 3.03. The van der Waals surface area contributed by atoms with Gasteiger partial charge in [0.15, 0.2) is 0 Å². The third-order valence-electron chi connectivity index (χ3n) is 6.80. The second kappa shape index (κ2) is 9.10. The Kier molecular flexibility index (Phi) is 6.26. The Balaban J connectivity index is 1.47. The monoisotopic (exact) mass is 435 g/mol. The maximum atomic E-state index is 13.1. The van der Waals surface area contributed by atoms with Crippen molar-refractivity contribution in [3.63, 3.8) is 0 Å². The fraction of sp³-hybridized carbons (Fsp3) is 0.440. The van der Waals surface area contributed by atoms with E-state index in [0.717, 1.165) is 36.8 Å². The Morgan fingerprint density at radius 1 is 1.16 bits per heavy atom. The minimum atomic E-state index is -0.306. The standard InChI is InChI=1S/C25H29N3O4/c1-16-14-26-11-10-19(16)12-23(29)18-6-4-17(5-7-18)15-28-24(30)21-13-20(32-3)8-9-22(21)27(2)25(28)31/h8-11,13-14,17-18H,4-7,12,15H2,1-3H3. The fourth-order valence-electron chi connectivity index (χ4n) is 4.74. The molecule has 1 fully saturated rings. The number of pyridine rings is 1. The van der Waals surface area contributed by atoms with Gasteiger partial charge in [-0.1, -0.05) is 0 Å². The van der Waals surface area contributed by atoms with Gasteiger partial charge in [-0.2, -0.15) is 0 Å². The van der Waals surface area contributed by atoms with Crippen molar-refractivity contribution in [3.05, 3.63) is 68.6 Å². The lowest BCUT2D eigenvalue weighted by molar-refractivity contribution is -0.123. The van der Waals surface area contributed by atoms with Gasteiger partial charge in [0.05, 0.1) is 18.0 Å². The van der Waals surface area contributed by atoms with E-state index < -0.39 is 0 Å². The zero-order valence-electron chi connectivity index (χ0n) is 18.8. The SMILES string of the molecule is COc1ccc2c(c1)c(=O)n(CC1CCC(C(=O)Cc3ccncc3C)CC1)c(=O)n2C. The summed E-state index contributed by atoms with van der Waals surface area (Å²) in [5, 5.41) is 0.475. The first kappa shape index (κ1) is 22.0. The fourth-order valence-corrected chi connectivity index (χ4v) is 4.74. The van der Waals surface area contributed by atoms with Gasteiger partial charge in [0.25, 0.3) is 5.56 Å². The lowest BCUT2D eigenvalue weighted by Gasteiger charge is -2.28. The molecule has 0 bridgehead atoms. The van der Waals surface area contributed by atoms with E-state index >= 15 is 0 Å². The van der Waals surface area contributed by atoms with Crippen molar-refractivity contribution in [2.45, 2.75) is 45.6 Å². The van der Waals surface area contributed by atoms with Gasteiger partial charge in [-0.3, -0.25) is 23.7 Å². The Hall–Kier alpha value is -3.22. The Bertz CT molecular complexity index is 1270. The van der Waals surface area contributed by atoms with Crippen LogP contribution in [0.2, 0.25) is 0 Å². The summed E-state index contributed by atoms with van der Waals surface area (Å²) < 4.78 is 8.11. The zero-order chi connectivity index (χ0) is 22.8. The van der Waals surface area contributed by atoms with Crippen LogP contribution in [0.15, 0.2) is 46.2 Å². The lowest BCUT2D eigenvalue weighted by Crippen LogP contribution is -2.41. The van der Waals surface area contributed by atoms with Crippen molar-refractivity contribution < 1.29 is 9.53 Å². The van der Waals surface area contributed by atoms with Crippen LogP contribution in [0, 0.1) is 18.8 Å². The second-order valence-corrected chi connectivity index (χ2v) is 8.80. The van der Waals surface area contributed by atoms with Crippen molar-refractivity contribution in [2.75, 3.05) is 7.11 Å². The average Bonchev–Trinajstić information content (AvgIpc) is 2.81. The van der Waals surface area contributed by atoms with Crippen molar-refractivity contribution in [1.82, 2.24) is 14.1 Å². The molecule has 0 aliphatic heterocycles. The Morgan fingerprint density at radius 3 is 2.59 bits per heavy atom. The summed E-state index contributed by atoms with van der Waals surface area (Å²) in [5.41, 5.74) is 2.08. The zero-order valence-corrected chi connectivity index (χ0v) is 18.8. The number of fused-ring (bicyclic) bond motifs is 1. The summed E-state index contributed by atoms with van der Waals surface area (Å²) in [6, 6.07) is 7.08. The molecule has 0 spiro atoms. The molecule has 0 radical (unpaired) electrons. The number of hydrogen-bond donors (Lipinski definition) is 0. The number of aromatic nitrogens is 3. The Morgan fingerprint density at radius 2 is 1.91 bits per heavy atom. The van der Waals surface area contributed by atoms with E-state index in [9.17, 15) is 14.4 Å². The molecular weight excluding hydrogens is 406 g/mol. The third-order valence-corrected chi connectivity index (χ3v) is 6.80. The molecule has 0 saturated heterocycles. The van der Waals surface area contributed by atoms with Crippen molar-refractivity contribution in [1.29, 1.82) is 0 Å². The van der Waals surface area contributed by atoms with E-state index in [2.05, 4.69) is 4.98 Å². The smallest absolute Gasteiger partial charge is 0.331 e. The van der Waals surface area contributed by atoms with Gasteiger partial charge < -0.3 is 4.74 Å². The molecule has 1 aliphatic rings. The van der Waals surface area contributed by atoms with Crippen LogP contribution in [0.5, 0.6) is 5.75 Å². The van der Waals surface area contributed by atoms with Gasteiger partial charge >= 0.3 is 5.69 Å². The summed E-state index contributed by atoms with van der Waals surface area (Å²) in [4.78, 5) is 42.9. The van der Waals surface area contributed by atoms with Crippen LogP contribution in [0.1, 0.15) is 36.8 Å². The molecule has 0 N–H and O–H groups in total. The van der Waals surface area contributed by atoms with Gasteiger partial charge in [0.2, 0.25) is 0 Å². The quantitative estimate of drug-likeness (QED) is 0.594. The average molecular weight is 436 g/mol. The molecule has 32 heavy (non-hydrogen) atoms. The summed E-state index contributed by atoms with van der Waals surface area (Å²) in [5.74, 6) is 1.10. The van der Waals surface area contributed by atoms with Crippen molar-refractivity contribution >= 4 is 16.7 Å². The largest absolute Gasteiger partial charge is 0.497 e. The topological polar surface area (TPSA) is 83.2 Å². The predicted molar refractivity (Wildman–Crippen MR) is 123 cm³/mol. The number of carbonyl (C=O) groups is 1. The van der Waals surface area contributed by atoms with Crippen LogP contribution in [-0.4, -0.2) is 27.0 Å². The number of hydrogen-bond acceptors (Lipinski definition) is 5. The molecule has 0 amide bonds. The molecular formula is C25H29N3O4. The van der Waals surface area contributed by atoms with Gasteiger partial charge in [-0.25, -0.2) is 4.79 Å². The van der Waals surface area contributed by atoms with Crippen molar-refractivity contribution in [3.8, 4) is 5.75 Å². The summed E-state index contributed by atoms with van der Waals surface area (Å²) >= 11 is 0. The third kappa shape index (κ3) is 4.24. The highest BCUT2D eigenvalue weighted by molar-refractivity contribution is 5.83. The molecule has 2 heterocycles. The molecule has 0 atom stereocenters. The first-order chi connectivity index (χ1) is 15.4. The number of ether oxygens (including phenoxy) is 1. The molecule has 168 valence electrons. The van der Waals surface area contributed by atoms with E-state index in [0.29, 0.717) is 29.6 Å². The second-order valence-electron chi connectivity index (χ2n) is 8.80. The van der Waals surface area contributed by atoms with Crippen LogP contribution in [0.4, 0.5) is 0 Å². The molecule has 1 aliphatic carbocycles. The number of methoxy groups -OCH3 is 1. The first-order valence-electron chi connectivity index (χ1n) is 11.1. The number of rotatable bonds is 6. The molecule has 4 rings (SSSR count). The van der Waals surface area contributed by atoms with E-state index in [1.54, 1.807) is 44.8 Å². The minimum absolute atomic E-state index is 0.0410. The maximum absolute atomic E-state index is 13.1. The van der Waals surface area contributed by atoms with Crippen molar-refractivity contribution in [2.24, 2.45) is 18.9 Å². The molecule has 0 unspecified atom stereocenters. The van der Waals surface area contributed by atoms with E-state index in [-0.39, 0.29) is 28.9 Å². The number of ketones is 1. The molecule has 7 heteroatoms. The van der Waals surface area contributed by atoms with Crippen LogP contribution in [0.25, 0.3) is 10.9 Å². The molecule has 1 aromatic carbocycles. The Labute approximate surface area is 186 Å². The summed E-state index contributed by atoms with van der Waals surface area (Å²) in [7, 11) is 3.24. The van der Waals surface area contributed by atoms with Crippen LogP contribution >= 0.6 is 0 Å². The van der Waals surface area contributed by atoms with E-state index in [4.69, 9.17) is 4.74 Å². The van der Waals surface area contributed by atoms with E-state index in [1.807, 2.05) is 13.0 Å². The summed E-state index contributed by atoms with van der Waals surface area (Å²) in [6.07, 6.45) is 7.21. The minimum Gasteiger partial charge on any atom is -0.497 e. The van der Waals surface area contributed by atoms with Gasteiger partial charge in [-0.15, -0.1) is 0 Å². The number of carbonyl (C=O) groups excluding carboxylic acids is 1. The van der Waals surface area contributed by atoms with Crippen LogP contribution < -0.4 is 16.0 Å². The number of Topliss-reactive ketones (excluding diaryl/α,β-unsaturated/α-hetero) is 1. The number of nitrogens with zero attached hydrogens (tertiary/aromatic N) is 3. The highest BCUT2D eigenvalue weighted by Gasteiger charge is 2.27. The van der Waals surface area contributed by atoms with Crippen LogP contribution in [0.3, 0.4) is 0 Å². The number of benzene rings is 1. The van der Waals surface area contributed by atoms with E-state index in [1.165, 1.54) is 9.13 Å². The molecule has 3 aromatic rings. The molecule has 7 nitrogen and oxygen atoms in total. The van der Waals surface area contributed by atoms with Crippen LogP contribution in [-0.2, 0) is 24.8 Å². The normalized spacial score (nSPS) is 18.6. The maximum Gasteiger partial charge on any atom is 0.331 e. The summed E-state index contributed by atoms with van der Waals surface area (Å²) in [6.45, 7) is 2.35. The molecule has 1 saturated carbocycles. The van der Waals surface area contributed by atoms with Gasteiger partial charge in [0, 0.05) is 38.3 Å². The molecule has 2 aromatic heterocycles. The van der Waals surface area contributed by atoms with Gasteiger partial charge in [0.1, 0.15) is 11.5 Å². The van der Waals surface area contributed by atoms with Gasteiger partial charge in [-0.05, 0) is 73.9 Å². The number of aryl methyl sites for hydroxylation is 2. The lowest BCUT2D eigenvalue weighted by atomic mass is 9.78. The highest BCUT2D eigenvalue weighted by atomic mass is 16.5. The highest BCUT2D eigenvalue weighted by Crippen LogP contribution is 2.31.